The van der Waals surface area contributed by atoms with E-state index in [0.29, 0.717) is 11.2 Å². The monoisotopic (exact) mass is 633 g/mol. The molecule has 2 unspecified atom stereocenters. The van der Waals surface area contributed by atoms with Gasteiger partial charge in [0.1, 0.15) is 0 Å². The number of benzene rings is 3. The number of fused-ring (bicyclic) bond motifs is 2. The average molecular weight is 634 g/mol. The molecule has 0 saturated carbocycles. The number of carbonyl (C=O) groups is 1. The molecule has 2 fully saturated rings. The third-order valence-corrected chi connectivity index (χ3v) is 11.2. The Hall–Kier alpha value is -4.47. The van der Waals surface area contributed by atoms with Crippen LogP contribution in [0.4, 0.5) is 5.69 Å². The molecule has 1 amide bonds. The predicted octanol–water partition coefficient (Wildman–Crippen LogP) is 5.92. The second-order valence-electron chi connectivity index (χ2n) is 13.2. The van der Waals surface area contributed by atoms with Gasteiger partial charge < -0.3 is 14.7 Å². The molecule has 5 aromatic rings. The molecule has 0 N–H and O–H groups in total. The van der Waals surface area contributed by atoms with Crippen molar-refractivity contribution in [3.8, 4) is 22.3 Å². The van der Waals surface area contributed by atoms with Crippen LogP contribution in [0.3, 0.4) is 0 Å². The molecule has 2 atom stereocenters. The Morgan fingerprint density at radius 2 is 1.48 bits per heavy atom. The van der Waals surface area contributed by atoms with Crippen LogP contribution in [0.2, 0.25) is 0 Å². The van der Waals surface area contributed by atoms with Crippen LogP contribution in [0.15, 0.2) is 90.1 Å². The molecule has 236 valence electrons. The summed E-state index contributed by atoms with van der Waals surface area (Å²) >= 11 is 0. The fourth-order valence-electron chi connectivity index (χ4n) is 7.14. The van der Waals surface area contributed by atoms with E-state index in [1.807, 2.05) is 25.1 Å². The number of likely N-dealkylation sites (tertiary alicyclic amines) is 1. The standard InChI is InChI=1S/C37H39N5O3S/c1-24-6-13-32(14-7-24)46(44,45)42-23-34(26-8-10-27(11-9-26)37(43)39(3)4)33-17-29(18-38-36(33)42)28-12-15-35(25(2)16-28)41-21-30-19-40(5)20-31(30)22-41/h6-18,23,30-31H,19-22H2,1-5H3. The van der Waals surface area contributed by atoms with E-state index >= 15 is 0 Å². The first kappa shape index (κ1) is 30.2. The number of carbonyl (C=O) groups excluding carboxylic acids is 1. The van der Waals surface area contributed by atoms with Gasteiger partial charge in [0.05, 0.1) is 4.90 Å². The number of pyridine rings is 1. The van der Waals surface area contributed by atoms with E-state index in [-0.39, 0.29) is 10.8 Å². The zero-order valence-corrected chi connectivity index (χ0v) is 27.8. The molecule has 7 rings (SSSR count). The van der Waals surface area contributed by atoms with Gasteiger partial charge in [-0.1, -0.05) is 35.9 Å². The first-order valence-corrected chi connectivity index (χ1v) is 17.1. The summed E-state index contributed by atoms with van der Waals surface area (Å²) in [5.74, 6) is 1.36. The van der Waals surface area contributed by atoms with Crippen LogP contribution in [-0.4, -0.2) is 80.4 Å². The lowest BCUT2D eigenvalue weighted by atomic mass is 9.99. The fraction of sp³-hybridized carbons (Fsp3) is 0.297. The summed E-state index contributed by atoms with van der Waals surface area (Å²) < 4.78 is 29.2. The smallest absolute Gasteiger partial charge is 0.269 e. The number of anilines is 1. The first-order chi connectivity index (χ1) is 22.0. The molecule has 0 bridgehead atoms. The zero-order valence-electron chi connectivity index (χ0n) is 26.9. The summed E-state index contributed by atoms with van der Waals surface area (Å²) in [6.45, 7) is 8.61. The molecular formula is C37H39N5O3S. The Morgan fingerprint density at radius 3 is 2.11 bits per heavy atom. The minimum absolute atomic E-state index is 0.0943. The van der Waals surface area contributed by atoms with E-state index in [1.54, 1.807) is 62.9 Å². The Morgan fingerprint density at radius 1 is 0.826 bits per heavy atom. The molecule has 8 nitrogen and oxygen atoms in total. The van der Waals surface area contributed by atoms with Crippen LogP contribution in [0.5, 0.6) is 0 Å². The molecule has 0 radical (unpaired) electrons. The number of hydrogen-bond donors (Lipinski definition) is 0. The van der Waals surface area contributed by atoms with E-state index in [4.69, 9.17) is 4.98 Å². The number of aryl methyl sites for hydroxylation is 2. The first-order valence-electron chi connectivity index (χ1n) is 15.7. The molecule has 4 heterocycles. The van der Waals surface area contributed by atoms with Gasteiger partial charge in [-0.3, -0.25) is 4.79 Å². The summed E-state index contributed by atoms with van der Waals surface area (Å²) in [6.07, 6.45) is 3.41. The molecule has 46 heavy (non-hydrogen) atoms. The van der Waals surface area contributed by atoms with Gasteiger partial charge in [0.25, 0.3) is 15.9 Å². The highest BCUT2D eigenvalue weighted by Gasteiger charge is 2.39. The van der Waals surface area contributed by atoms with Crippen molar-refractivity contribution in [2.24, 2.45) is 11.8 Å². The quantitative estimate of drug-likeness (QED) is 0.231. The SMILES string of the molecule is Cc1ccc(S(=O)(=O)n2cc(-c3ccc(C(=O)N(C)C)cc3)c3cc(-c4ccc(N5CC6CN(C)CC6C5)c(C)c4)cnc32)cc1. The maximum Gasteiger partial charge on any atom is 0.269 e. The maximum atomic E-state index is 13.9. The topological polar surface area (TPSA) is 78.8 Å². The van der Waals surface area contributed by atoms with Crippen molar-refractivity contribution >= 4 is 32.7 Å². The molecular weight excluding hydrogens is 595 g/mol. The lowest BCUT2D eigenvalue weighted by Gasteiger charge is -2.23. The van der Waals surface area contributed by atoms with Crippen molar-refractivity contribution in [2.75, 3.05) is 52.2 Å². The van der Waals surface area contributed by atoms with Crippen LogP contribution >= 0.6 is 0 Å². The lowest BCUT2D eigenvalue weighted by Crippen LogP contribution is -2.27. The average Bonchev–Trinajstić information content (AvgIpc) is 3.72. The summed E-state index contributed by atoms with van der Waals surface area (Å²) in [5.41, 5.74) is 7.86. The van der Waals surface area contributed by atoms with Gasteiger partial charge in [-0.25, -0.2) is 17.4 Å². The van der Waals surface area contributed by atoms with E-state index < -0.39 is 10.0 Å². The summed E-state index contributed by atoms with van der Waals surface area (Å²) in [7, 11) is 1.72. The van der Waals surface area contributed by atoms with E-state index in [2.05, 4.69) is 42.0 Å². The summed E-state index contributed by atoms with van der Waals surface area (Å²) in [4.78, 5) is 24.0. The van der Waals surface area contributed by atoms with E-state index in [0.717, 1.165) is 58.1 Å². The Bertz CT molecular complexity index is 2050. The van der Waals surface area contributed by atoms with Crippen LogP contribution in [0, 0.1) is 25.7 Å². The van der Waals surface area contributed by atoms with Crippen molar-refractivity contribution in [2.45, 2.75) is 18.7 Å². The normalized spacial score (nSPS) is 18.3. The van der Waals surface area contributed by atoms with Crippen LogP contribution in [-0.2, 0) is 10.0 Å². The molecule has 0 aliphatic carbocycles. The highest BCUT2D eigenvalue weighted by atomic mass is 32.2. The summed E-state index contributed by atoms with van der Waals surface area (Å²) in [5, 5.41) is 0.720. The predicted molar refractivity (Wildman–Crippen MR) is 184 cm³/mol. The number of nitrogens with zero attached hydrogens (tertiary/aromatic N) is 5. The molecule has 2 aliphatic heterocycles. The number of hydrogen-bond acceptors (Lipinski definition) is 6. The van der Waals surface area contributed by atoms with Gasteiger partial charge in [-0.05, 0) is 91.9 Å². The van der Waals surface area contributed by atoms with Crippen molar-refractivity contribution in [3.63, 3.8) is 0 Å². The van der Waals surface area contributed by atoms with Crippen LogP contribution in [0.25, 0.3) is 33.3 Å². The number of amides is 1. The Kier molecular flexibility index (Phi) is 7.48. The van der Waals surface area contributed by atoms with Crippen molar-refractivity contribution in [3.05, 3.63) is 102 Å². The molecule has 9 heteroatoms. The van der Waals surface area contributed by atoms with Gasteiger partial charge in [0.15, 0.2) is 5.65 Å². The fourth-order valence-corrected chi connectivity index (χ4v) is 8.46. The Balaban J connectivity index is 1.30. The highest BCUT2D eigenvalue weighted by Crippen LogP contribution is 2.38. The zero-order chi connectivity index (χ0) is 32.3. The Labute approximate surface area is 270 Å². The second-order valence-corrected chi connectivity index (χ2v) is 15.0. The van der Waals surface area contributed by atoms with Crippen molar-refractivity contribution in [1.29, 1.82) is 0 Å². The number of aromatic nitrogens is 2. The van der Waals surface area contributed by atoms with Gasteiger partial charge >= 0.3 is 0 Å². The largest absolute Gasteiger partial charge is 0.371 e. The van der Waals surface area contributed by atoms with E-state index in [9.17, 15) is 13.2 Å². The molecule has 2 saturated heterocycles. The third kappa shape index (κ3) is 5.27. The molecule has 0 spiro atoms. The molecule has 2 aliphatic rings. The van der Waals surface area contributed by atoms with Crippen molar-refractivity contribution < 1.29 is 13.2 Å². The maximum absolute atomic E-state index is 13.9. The molecule has 2 aromatic heterocycles. The lowest BCUT2D eigenvalue weighted by molar-refractivity contribution is 0.0827. The minimum atomic E-state index is -3.93. The van der Waals surface area contributed by atoms with Gasteiger partial charge in [0, 0.05) is 80.4 Å². The second kappa shape index (κ2) is 11.4. The number of rotatable bonds is 6. The van der Waals surface area contributed by atoms with Crippen LogP contribution in [0.1, 0.15) is 21.5 Å². The highest BCUT2D eigenvalue weighted by molar-refractivity contribution is 7.90. The van der Waals surface area contributed by atoms with Crippen molar-refractivity contribution in [1.82, 2.24) is 18.8 Å². The van der Waals surface area contributed by atoms with Gasteiger partial charge in [0.2, 0.25) is 0 Å². The van der Waals surface area contributed by atoms with Gasteiger partial charge in [-0.15, -0.1) is 0 Å². The minimum Gasteiger partial charge on any atom is -0.371 e. The molecule has 3 aromatic carbocycles. The third-order valence-electron chi connectivity index (χ3n) is 9.58. The van der Waals surface area contributed by atoms with Gasteiger partial charge in [-0.2, -0.15) is 0 Å². The van der Waals surface area contributed by atoms with E-state index in [1.165, 1.54) is 33.2 Å². The van der Waals surface area contributed by atoms with Crippen LogP contribution < -0.4 is 4.90 Å². The summed E-state index contributed by atoms with van der Waals surface area (Å²) in [6, 6.07) is 22.7.